The summed E-state index contributed by atoms with van der Waals surface area (Å²) in [5, 5.41) is 0. The molecular formula is C8H11ClO3. The smallest absolute Gasteiger partial charge is 0.404 e. The van der Waals surface area contributed by atoms with Gasteiger partial charge in [-0.15, -0.1) is 0 Å². The summed E-state index contributed by atoms with van der Waals surface area (Å²) in [4.78, 5) is 21.4. The summed E-state index contributed by atoms with van der Waals surface area (Å²) in [6, 6.07) is 0. The highest BCUT2D eigenvalue weighted by Crippen LogP contribution is 2.54. The van der Waals surface area contributed by atoms with Crippen LogP contribution in [0.2, 0.25) is 0 Å². The van der Waals surface area contributed by atoms with E-state index < -0.39 is 5.43 Å². The highest BCUT2D eigenvalue weighted by atomic mass is 35.5. The van der Waals surface area contributed by atoms with Crippen molar-refractivity contribution < 1.29 is 14.3 Å². The molecule has 0 saturated heterocycles. The molecule has 12 heavy (non-hydrogen) atoms. The van der Waals surface area contributed by atoms with E-state index in [9.17, 15) is 9.59 Å². The highest BCUT2D eigenvalue weighted by molar-refractivity contribution is 6.61. The van der Waals surface area contributed by atoms with Gasteiger partial charge in [0.15, 0.2) is 0 Å². The van der Waals surface area contributed by atoms with Crippen LogP contribution in [-0.2, 0) is 9.53 Å². The molecule has 1 rings (SSSR count). The molecule has 0 radical (unpaired) electrons. The minimum Gasteiger partial charge on any atom is -0.449 e. The molecule has 2 atom stereocenters. The average Bonchev–Trinajstić information content (AvgIpc) is 2.32. The van der Waals surface area contributed by atoms with E-state index in [0.717, 1.165) is 0 Å². The average molecular weight is 191 g/mol. The second-order valence-corrected chi connectivity index (χ2v) is 3.99. The van der Waals surface area contributed by atoms with Crippen LogP contribution in [0.4, 0.5) is 4.79 Å². The zero-order valence-electron chi connectivity index (χ0n) is 7.26. The number of hydrogen-bond acceptors (Lipinski definition) is 3. The number of carbonyl (C=O) groups excluding carboxylic acids is 2. The Morgan fingerprint density at radius 3 is 2.17 bits per heavy atom. The van der Waals surface area contributed by atoms with Crippen LogP contribution < -0.4 is 0 Å². The summed E-state index contributed by atoms with van der Waals surface area (Å²) in [5.41, 5.74) is -1.08. The van der Waals surface area contributed by atoms with Crippen molar-refractivity contribution >= 4 is 22.8 Å². The van der Waals surface area contributed by atoms with Crippen molar-refractivity contribution in [1.29, 1.82) is 0 Å². The molecule has 0 amide bonds. The van der Waals surface area contributed by atoms with Crippen molar-refractivity contribution in [2.45, 2.75) is 26.9 Å². The molecule has 3 nitrogen and oxygen atoms in total. The summed E-state index contributed by atoms with van der Waals surface area (Å²) in [6.07, 6.45) is -0.333. The van der Waals surface area contributed by atoms with Crippen molar-refractivity contribution in [1.82, 2.24) is 0 Å². The van der Waals surface area contributed by atoms with Crippen molar-refractivity contribution in [2.75, 3.05) is 0 Å². The SMILES string of the molecule is CC(=O)C1C(OC(=O)Cl)C1(C)C. The Morgan fingerprint density at radius 2 is 1.92 bits per heavy atom. The Kier molecular flexibility index (Phi) is 2.17. The van der Waals surface area contributed by atoms with Gasteiger partial charge in [0.2, 0.25) is 0 Å². The van der Waals surface area contributed by atoms with Crippen LogP contribution >= 0.6 is 11.6 Å². The van der Waals surface area contributed by atoms with Crippen LogP contribution in [0.1, 0.15) is 20.8 Å². The lowest BCUT2D eigenvalue weighted by Crippen LogP contribution is -2.04. The van der Waals surface area contributed by atoms with Gasteiger partial charge >= 0.3 is 5.43 Å². The van der Waals surface area contributed by atoms with Crippen LogP contribution in [0.3, 0.4) is 0 Å². The summed E-state index contributed by atoms with van der Waals surface area (Å²) in [6.45, 7) is 5.25. The molecule has 0 aromatic carbocycles. The summed E-state index contributed by atoms with van der Waals surface area (Å²) in [5.74, 6) is -0.136. The van der Waals surface area contributed by atoms with Gasteiger partial charge in [-0.1, -0.05) is 13.8 Å². The molecule has 4 heteroatoms. The molecule has 0 aromatic heterocycles. The molecule has 1 fully saturated rings. The van der Waals surface area contributed by atoms with Gasteiger partial charge in [-0.2, -0.15) is 0 Å². The fourth-order valence-electron chi connectivity index (χ4n) is 1.65. The standard InChI is InChI=1S/C8H11ClO3/c1-4(10)5-6(8(5,2)3)12-7(9)11/h5-6H,1-3H3. The van der Waals surface area contributed by atoms with E-state index in [0.29, 0.717) is 0 Å². The number of ketones is 1. The van der Waals surface area contributed by atoms with Gasteiger partial charge in [-0.3, -0.25) is 4.79 Å². The quantitative estimate of drug-likeness (QED) is 0.626. The topological polar surface area (TPSA) is 43.4 Å². The normalized spacial score (nSPS) is 31.0. The molecule has 1 aliphatic carbocycles. The van der Waals surface area contributed by atoms with E-state index in [1.165, 1.54) is 6.92 Å². The van der Waals surface area contributed by atoms with Gasteiger partial charge in [-0.05, 0) is 6.92 Å². The Balaban J connectivity index is 2.60. The summed E-state index contributed by atoms with van der Waals surface area (Å²) < 4.78 is 4.76. The molecule has 0 spiro atoms. The second kappa shape index (κ2) is 2.73. The fraction of sp³-hybridized carbons (Fsp3) is 0.750. The lowest BCUT2D eigenvalue weighted by Gasteiger charge is -1.99. The molecule has 68 valence electrons. The van der Waals surface area contributed by atoms with Gasteiger partial charge in [0.1, 0.15) is 11.9 Å². The zero-order valence-corrected chi connectivity index (χ0v) is 8.01. The van der Waals surface area contributed by atoms with Crippen LogP contribution in [0, 0.1) is 11.3 Å². The van der Waals surface area contributed by atoms with E-state index in [1.54, 1.807) is 0 Å². The van der Waals surface area contributed by atoms with Crippen molar-refractivity contribution in [3.8, 4) is 0 Å². The molecule has 0 bridgehead atoms. The first-order valence-corrected chi connectivity index (χ1v) is 4.11. The molecule has 0 aromatic rings. The van der Waals surface area contributed by atoms with Crippen LogP contribution in [-0.4, -0.2) is 17.3 Å². The first-order valence-electron chi connectivity index (χ1n) is 3.74. The number of ether oxygens (including phenoxy) is 1. The maximum atomic E-state index is 11.0. The van der Waals surface area contributed by atoms with Crippen LogP contribution in [0.15, 0.2) is 0 Å². The third kappa shape index (κ3) is 1.46. The molecule has 1 aliphatic rings. The van der Waals surface area contributed by atoms with Gasteiger partial charge < -0.3 is 4.74 Å². The number of rotatable bonds is 2. The molecular weight excluding hydrogens is 180 g/mol. The first kappa shape index (κ1) is 9.52. The Bertz CT molecular complexity index is 234. The predicted octanol–water partition coefficient (Wildman–Crippen LogP) is 1.98. The maximum Gasteiger partial charge on any atom is 0.404 e. The van der Waals surface area contributed by atoms with E-state index in [4.69, 9.17) is 16.3 Å². The lowest BCUT2D eigenvalue weighted by molar-refractivity contribution is -0.119. The Morgan fingerprint density at radius 1 is 1.42 bits per heavy atom. The van der Waals surface area contributed by atoms with Crippen LogP contribution in [0.5, 0.6) is 0 Å². The van der Waals surface area contributed by atoms with Crippen molar-refractivity contribution in [2.24, 2.45) is 11.3 Å². The van der Waals surface area contributed by atoms with Gasteiger partial charge in [0.25, 0.3) is 0 Å². The van der Waals surface area contributed by atoms with E-state index in [1.807, 2.05) is 13.8 Å². The Hall–Kier alpha value is -0.570. The minimum atomic E-state index is -0.836. The largest absolute Gasteiger partial charge is 0.449 e. The Labute approximate surface area is 76.0 Å². The third-order valence-electron chi connectivity index (χ3n) is 2.39. The first-order chi connectivity index (χ1) is 5.37. The molecule has 0 N–H and O–H groups in total. The number of halogens is 1. The van der Waals surface area contributed by atoms with Crippen LogP contribution in [0.25, 0.3) is 0 Å². The van der Waals surface area contributed by atoms with E-state index in [-0.39, 0.29) is 23.2 Å². The monoisotopic (exact) mass is 190 g/mol. The van der Waals surface area contributed by atoms with Gasteiger partial charge in [0, 0.05) is 17.0 Å². The van der Waals surface area contributed by atoms with Gasteiger partial charge in [-0.25, -0.2) is 4.79 Å². The molecule has 0 heterocycles. The van der Waals surface area contributed by atoms with Gasteiger partial charge in [0.05, 0.1) is 5.92 Å². The number of Topliss-reactive ketones (excluding diaryl/α,β-unsaturated/α-hetero) is 1. The number of hydrogen-bond donors (Lipinski definition) is 0. The maximum absolute atomic E-state index is 11.0. The summed E-state index contributed by atoms with van der Waals surface area (Å²) in [7, 11) is 0. The lowest BCUT2D eigenvalue weighted by atomic mass is 10.1. The number of carbonyl (C=O) groups is 2. The van der Waals surface area contributed by atoms with E-state index in [2.05, 4.69) is 0 Å². The molecule has 1 saturated carbocycles. The second-order valence-electron chi connectivity index (χ2n) is 3.69. The zero-order chi connectivity index (χ0) is 9.52. The molecule has 2 unspecified atom stereocenters. The minimum absolute atomic E-state index is 0.0444. The predicted molar refractivity (Wildman–Crippen MR) is 44.1 cm³/mol. The van der Waals surface area contributed by atoms with Crippen molar-refractivity contribution in [3.05, 3.63) is 0 Å². The molecule has 0 aliphatic heterocycles. The van der Waals surface area contributed by atoms with Crippen molar-refractivity contribution in [3.63, 3.8) is 0 Å². The highest BCUT2D eigenvalue weighted by Gasteiger charge is 2.63. The van der Waals surface area contributed by atoms with E-state index >= 15 is 0 Å². The third-order valence-corrected chi connectivity index (χ3v) is 2.48. The fourth-order valence-corrected chi connectivity index (χ4v) is 1.74. The summed E-state index contributed by atoms with van der Waals surface area (Å²) >= 11 is 5.04.